The van der Waals surface area contributed by atoms with Crippen LogP contribution in [0.4, 0.5) is 17.1 Å². The zero-order valence-electron chi connectivity index (χ0n) is 36.3. The molecule has 12 rings (SSSR count). The van der Waals surface area contributed by atoms with E-state index in [1.165, 1.54) is 43.7 Å². The highest BCUT2D eigenvalue weighted by atomic mass is 15.1. The Labute approximate surface area is 385 Å². The lowest BCUT2D eigenvalue weighted by Crippen LogP contribution is -2.13. The van der Waals surface area contributed by atoms with Gasteiger partial charge in [0.25, 0.3) is 0 Å². The van der Waals surface area contributed by atoms with Gasteiger partial charge in [0.15, 0.2) is 0 Å². The second-order valence-electron chi connectivity index (χ2n) is 16.9. The molecule has 0 saturated carbocycles. The number of hydrogen-bond donors (Lipinski definition) is 0. The zero-order valence-corrected chi connectivity index (χ0v) is 36.3. The van der Waals surface area contributed by atoms with E-state index < -0.39 is 0 Å². The van der Waals surface area contributed by atoms with E-state index in [9.17, 15) is 0 Å². The van der Waals surface area contributed by atoms with Crippen LogP contribution in [-0.4, -0.2) is 4.57 Å². The molecule has 0 radical (unpaired) electrons. The molecule has 2 nitrogen and oxygen atoms in total. The molecule has 66 heavy (non-hydrogen) atoms. The molecule has 0 bridgehead atoms. The molecule has 1 aromatic heterocycles. The van der Waals surface area contributed by atoms with E-state index in [4.69, 9.17) is 0 Å². The summed E-state index contributed by atoms with van der Waals surface area (Å²) in [5.41, 5.74) is 18.4. The topological polar surface area (TPSA) is 8.17 Å². The molecule has 0 unspecified atom stereocenters. The van der Waals surface area contributed by atoms with Crippen LogP contribution in [0.15, 0.2) is 267 Å². The standard InChI is InChI=1S/C64H44N2/c1-3-20-47(21-4-1)53-25-9-14-30-59(53)65(60-31-15-10-26-54(60)49-38-35-46(36-39-49)51-40-37-45-19-7-8-24-50(45)43-51)64-42-41-52(44-58(64)48-22-5-2-6-23-48)55-27-11-16-32-61(55)66-62-33-17-12-28-56(62)57-29-13-18-34-63(57)66/h1-44H. The summed E-state index contributed by atoms with van der Waals surface area (Å²) in [5, 5.41) is 4.99. The summed E-state index contributed by atoms with van der Waals surface area (Å²) in [4.78, 5) is 2.49. The van der Waals surface area contributed by atoms with Crippen molar-refractivity contribution in [2.75, 3.05) is 4.90 Å². The van der Waals surface area contributed by atoms with E-state index in [0.717, 1.165) is 67.3 Å². The average molecular weight is 841 g/mol. The Bertz CT molecular complexity index is 3640. The first-order chi connectivity index (χ1) is 32.8. The van der Waals surface area contributed by atoms with Gasteiger partial charge in [-0.25, -0.2) is 0 Å². The van der Waals surface area contributed by atoms with Crippen molar-refractivity contribution < 1.29 is 0 Å². The van der Waals surface area contributed by atoms with Gasteiger partial charge >= 0.3 is 0 Å². The van der Waals surface area contributed by atoms with E-state index in [2.05, 4.69) is 276 Å². The number of fused-ring (bicyclic) bond motifs is 4. The number of para-hydroxylation sites is 5. The molecule has 0 saturated heterocycles. The second kappa shape index (κ2) is 16.8. The summed E-state index contributed by atoms with van der Waals surface area (Å²) < 4.78 is 2.43. The SMILES string of the molecule is c1ccc(-c2ccccc2N(c2ccccc2-c2ccc(-c3ccc4ccccc4c3)cc2)c2ccc(-c3ccccc3-n3c4ccccc4c4ccccc43)cc2-c2ccccc2)cc1. The van der Waals surface area contributed by atoms with Gasteiger partial charge in [0, 0.05) is 33.0 Å². The molecule has 0 aliphatic carbocycles. The van der Waals surface area contributed by atoms with Crippen LogP contribution in [0.3, 0.4) is 0 Å². The molecule has 0 N–H and O–H groups in total. The Kier molecular flexibility index (Phi) is 9.89. The van der Waals surface area contributed by atoms with Crippen LogP contribution < -0.4 is 4.90 Å². The fourth-order valence-electron chi connectivity index (χ4n) is 9.89. The summed E-state index contributed by atoms with van der Waals surface area (Å²) in [7, 11) is 0. The number of anilines is 3. The van der Waals surface area contributed by atoms with Gasteiger partial charge in [0.1, 0.15) is 0 Å². The molecule has 0 spiro atoms. The lowest BCUT2D eigenvalue weighted by Gasteiger charge is -2.32. The highest BCUT2D eigenvalue weighted by Crippen LogP contribution is 2.49. The molecule has 2 heteroatoms. The Morgan fingerprint density at radius 2 is 0.682 bits per heavy atom. The summed E-state index contributed by atoms with van der Waals surface area (Å²) in [6, 6.07) is 97.0. The van der Waals surface area contributed by atoms with Crippen molar-refractivity contribution in [2.45, 2.75) is 0 Å². The molecule has 0 amide bonds. The van der Waals surface area contributed by atoms with Gasteiger partial charge in [0.2, 0.25) is 0 Å². The average Bonchev–Trinajstić information content (AvgIpc) is 3.74. The van der Waals surface area contributed by atoms with E-state index >= 15 is 0 Å². The minimum atomic E-state index is 1.09. The van der Waals surface area contributed by atoms with Crippen molar-refractivity contribution >= 4 is 49.6 Å². The van der Waals surface area contributed by atoms with Crippen LogP contribution in [0.25, 0.3) is 93.9 Å². The van der Waals surface area contributed by atoms with E-state index in [1.54, 1.807) is 0 Å². The Hall–Kier alpha value is -8.72. The maximum Gasteiger partial charge on any atom is 0.0541 e. The van der Waals surface area contributed by atoms with Crippen LogP contribution in [0, 0.1) is 0 Å². The lowest BCUT2D eigenvalue weighted by molar-refractivity contribution is 1.18. The Morgan fingerprint density at radius 3 is 1.33 bits per heavy atom. The van der Waals surface area contributed by atoms with Crippen molar-refractivity contribution in [3.05, 3.63) is 267 Å². The van der Waals surface area contributed by atoms with Gasteiger partial charge in [-0.05, 0) is 92.7 Å². The minimum Gasteiger partial charge on any atom is -0.309 e. The van der Waals surface area contributed by atoms with Crippen LogP contribution >= 0.6 is 0 Å². The molecule has 11 aromatic carbocycles. The highest BCUT2D eigenvalue weighted by Gasteiger charge is 2.24. The van der Waals surface area contributed by atoms with E-state index in [0.29, 0.717) is 0 Å². The Balaban J connectivity index is 1.06. The minimum absolute atomic E-state index is 1.09. The number of benzene rings is 11. The van der Waals surface area contributed by atoms with Crippen LogP contribution in [0.2, 0.25) is 0 Å². The number of nitrogens with zero attached hydrogens (tertiary/aromatic N) is 2. The number of rotatable bonds is 9. The van der Waals surface area contributed by atoms with E-state index in [-0.39, 0.29) is 0 Å². The lowest BCUT2D eigenvalue weighted by atomic mass is 9.93. The molecule has 12 aromatic rings. The first-order valence-electron chi connectivity index (χ1n) is 22.7. The molecular formula is C64H44N2. The fourth-order valence-corrected chi connectivity index (χ4v) is 9.89. The number of aromatic nitrogens is 1. The monoisotopic (exact) mass is 840 g/mol. The van der Waals surface area contributed by atoms with Gasteiger partial charge < -0.3 is 9.47 Å². The van der Waals surface area contributed by atoms with Crippen molar-refractivity contribution in [1.29, 1.82) is 0 Å². The van der Waals surface area contributed by atoms with Gasteiger partial charge in [-0.2, -0.15) is 0 Å². The second-order valence-corrected chi connectivity index (χ2v) is 16.9. The summed E-state index contributed by atoms with van der Waals surface area (Å²) in [6.45, 7) is 0. The van der Waals surface area contributed by atoms with Crippen molar-refractivity contribution in [3.63, 3.8) is 0 Å². The van der Waals surface area contributed by atoms with Crippen LogP contribution in [0.1, 0.15) is 0 Å². The van der Waals surface area contributed by atoms with Gasteiger partial charge in [0.05, 0.1) is 33.8 Å². The summed E-state index contributed by atoms with van der Waals surface area (Å²) in [5.74, 6) is 0. The predicted octanol–water partition coefficient (Wildman–Crippen LogP) is 17.7. The first kappa shape index (κ1) is 38.9. The van der Waals surface area contributed by atoms with Gasteiger partial charge in [-0.3, -0.25) is 0 Å². The predicted molar refractivity (Wildman–Crippen MR) is 280 cm³/mol. The Morgan fingerprint density at radius 1 is 0.242 bits per heavy atom. The third-order valence-corrected chi connectivity index (χ3v) is 13.0. The molecule has 1 heterocycles. The molecule has 0 atom stereocenters. The van der Waals surface area contributed by atoms with Crippen LogP contribution in [0.5, 0.6) is 0 Å². The van der Waals surface area contributed by atoms with Crippen molar-refractivity contribution in [2.24, 2.45) is 0 Å². The zero-order chi connectivity index (χ0) is 43.8. The normalized spacial score (nSPS) is 11.3. The van der Waals surface area contributed by atoms with Gasteiger partial charge in [-0.1, -0.05) is 218 Å². The quantitative estimate of drug-likeness (QED) is 0.141. The fraction of sp³-hybridized carbons (Fsp3) is 0. The van der Waals surface area contributed by atoms with E-state index in [1.807, 2.05) is 0 Å². The van der Waals surface area contributed by atoms with Gasteiger partial charge in [-0.15, -0.1) is 0 Å². The van der Waals surface area contributed by atoms with Crippen molar-refractivity contribution in [3.8, 4) is 61.3 Å². The number of hydrogen-bond acceptors (Lipinski definition) is 1. The van der Waals surface area contributed by atoms with Crippen molar-refractivity contribution in [1.82, 2.24) is 4.57 Å². The highest BCUT2D eigenvalue weighted by molar-refractivity contribution is 6.10. The maximum absolute atomic E-state index is 2.49. The third-order valence-electron chi connectivity index (χ3n) is 13.0. The summed E-state index contributed by atoms with van der Waals surface area (Å²) in [6.07, 6.45) is 0. The smallest absolute Gasteiger partial charge is 0.0541 e. The largest absolute Gasteiger partial charge is 0.309 e. The molecule has 0 aliphatic heterocycles. The molecule has 310 valence electrons. The van der Waals surface area contributed by atoms with Crippen LogP contribution in [-0.2, 0) is 0 Å². The maximum atomic E-state index is 2.49. The molecule has 0 fully saturated rings. The summed E-state index contributed by atoms with van der Waals surface area (Å²) >= 11 is 0. The third kappa shape index (κ3) is 6.93. The first-order valence-corrected chi connectivity index (χ1v) is 22.7. The molecule has 0 aliphatic rings. The molecular weight excluding hydrogens is 797 g/mol.